The van der Waals surface area contributed by atoms with E-state index in [2.05, 4.69) is 15.9 Å². The number of carboxylic acids is 1. The molecule has 2 aromatic rings. The second-order valence-corrected chi connectivity index (χ2v) is 5.54. The lowest BCUT2D eigenvalue weighted by molar-refractivity contribution is 0.0696. The molecule has 2 rings (SSSR count). The summed E-state index contributed by atoms with van der Waals surface area (Å²) >= 11 is 3.21. The monoisotopic (exact) mass is 378 g/mol. The van der Waals surface area contributed by atoms with Crippen LogP contribution in [-0.2, 0) is 0 Å². The van der Waals surface area contributed by atoms with Crippen LogP contribution in [0.25, 0.3) is 0 Å². The number of ether oxygens (including phenoxy) is 2. The van der Waals surface area contributed by atoms with Crippen molar-refractivity contribution in [1.29, 1.82) is 0 Å². The predicted molar refractivity (Wildman–Crippen MR) is 88.3 cm³/mol. The van der Waals surface area contributed by atoms with Crippen LogP contribution in [0.4, 0.5) is 0 Å². The van der Waals surface area contributed by atoms with E-state index >= 15 is 0 Å². The van der Waals surface area contributed by atoms with Gasteiger partial charge in [0.15, 0.2) is 0 Å². The molecule has 0 amide bonds. The highest BCUT2D eigenvalue weighted by molar-refractivity contribution is 9.10. The number of carbonyl (C=O) groups excluding carboxylic acids is 1. The van der Waals surface area contributed by atoms with Gasteiger partial charge in [0, 0.05) is 0 Å². The van der Waals surface area contributed by atoms with Gasteiger partial charge in [0.1, 0.15) is 17.1 Å². The van der Waals surface area contributed by atoms with E-state index in [4.69, 9.17) is 14.6 Å². The summed E-state index contributed by atoms with van der Waals surface area (Å²) < 4.78 is 11.3. The lowest BCUT2D eigenvalue weighted by Gasteiger charge is -2.11. The van der Waals surface area contributed by atoms with Crippen molar-refractivity contribution in [2.24, 2.45) is 0 Å². The van der Waals surface area contributed by atoms with Crippen molar-refractivity contribution in [3.8, 4) is 11.5 Å². The van der Waals surface area contributed by atoms with Crippen molar-refractivity contribution in [3.05, 3.63) is 58.1 Å². The van der Waals surface area contributed by atoms with E-state index in [-0.39, 0.29) is 11.3 Å². The summed E-state index contributed by atoms with van der Waals surface area (Å²) in [5, 5.41) is 8.93. The van der Waals surface area contributed by atoms with E-state index in [0.29, 0.717) is 22.4 Å². The number of carboxylic acid groups (broad SMARTS) is 1. The van der Waals surface area contributed by atoms with Crippen LogP contribution < -0.4 is 9.47 Å². The first kappa shape index (κ1) is 17.0. The summed E-state index contributed by atoms with van der Waals surface area (Å²) in [7, 11) is 0. The molecule has 0 aromatic heterocycles. The van der Waals surface area contributed by atoms with Crippen molar-refractivity contribution in [2.45, 2.75) is 13.3 Å². The van der Waals surface area contributed by atoms with E-state index in [1.165, 1.54) is 18.2 Å². The Morgan fingerprint density at radius 2 is 1.87 bits per heavy atom. The largest absolute Gasteiger partial charge is 0.493 e. The van der Waals surface area contributed by atoms with Crippen molar-refractivity contribution in [1.82, 2.24) is 0 Å². The Balaban J connectivity index is 2.21. The van der Waals surface area contributed by atoms with E-state index < -0.39 is 11.9 Å². The van der Waals surface area contributed by atoms with Crippen molar-refractivity contribution < 1.29 is 24.2 Å². The van der Waals surface area contributed by atoms with Gasteiger partial charge in [-0.15, -0.1) is 0 Å². The smallest absolute Gasteiger partial charge is 0.347 e. The molecule has 0 atom stereocenters. The Bertz CT molecular complexity index is 727. The van der Waals surface area contributed by atoms with Crippen LogP contribution in [0.1, 0.15) is 34.1 Å². The number of benzene rings is 2. The minimum Gasteiger partial charge on any atom is -0.493 e. The number of aromatic carboxylic acids is 1. The van der Waals surface area contributed by atoms with Crippen LogP contribution in [0, 0.1) is 0 Å². The van der Waals surface area contributed by atoms with Gasteiger partial charge in [-0.3, -0.25) is 0 Å². The summed E-state index contributed by atoms with van der Waals surface area (Å²) in [4.78, 5) is 23.2. The number of rotatable bonds is 6. The minimum atomic E-state index is -1.05. The first-order chi connectivity index (χ1) is 11.0. The fraction of sp³-hybridized carbons (Fsp3) is 0.176. The molecule has 2 aromatic carbocycles. The standard InChI is InChI=1S/C17H15BrO5/c1-2-9-22-14-6-4-3-5-12(14)17(21)23-15-8-7-11(16(19)20)10-13(15)18/h3-8,10H,2,9H2,1H3,(H,19,20). The number of esters is 1. The van der Waals surface area contributed by atoms with E-state index in [9.17, 15) is 9.59 Å². The van der Waals surface area contributed by atoms with Crippen LogP contribution in [-0.4, -0.2) is 23.7 Å². The topological polar surface area (TPSA) is 72.8 Å². The summed E-state index contributed by atoms with van der Waals surface area (Å²) in [5.41, 5.74) is 0.415. The Morgan fingerprint density at radius 3 is 2.52 bits per heavy atom. The lowest BCUT2D eigenvalue weighted by Crippen LogP contribution is -2.11. The maximum absolute atomic E-state index is 12.3. The lowest BCUT2D eigenvalue weighted by atomic mass is 10.2. The number of halogens is 1. The summed E-state index contributed by atoms with van der Waals surface area (Å²) in [6.07, 6.45) is 0.825. The Labute approximate surface area is 142 Å². The molecule has 0 saturated heterocycles. The maximum Gasteiger partial charge on any atom is 0.347 e. The van der Waals surface area contributed by atoms with Crippen LogP contribution in [0.3, 0.4) is 0 Å². The molecular formula is C17H15BrO5. The van der Waals surface area contributed by atoms with Crippen LogP contribution >= 0.6 is 15.9 Å². The molecule has 0 aliphatic heterocycles. The third-order valence-electron chi connectivity index (χ3n) is 2.95. The fourth-order valence-electron chi connectivity index (χ4n) is 1.84. The van der Waals surface area contributed by atoms with Crippen molar-refractivity contribution >= 4 is 27.9 Å². The van der Waals surface area contributed by atoms with Gasteiger partial charge < -0.3 is 14.6 Å². The molecular weight excluding hydrogens is 364 g/mol. The first-order valence-corrected chi connectivity index (χ1v) is 7.79. The third-order valence-corrected chi connectivity index (χ3v) is 3.57. The SMILES string of the molecule is CCCOc1ccccc1C(=O)Oc1ccc(C(=O)O)cc1Br. The first-order valence-electron chi connectivity index (χ1n) is 6.99. The van der Waals surface area contributed by atoms with Gasteiger partial charge >= 0.3 is 11.9 Å². The molecule has 0 radical (unpaired) electrons. The summed E-state index contributed by atoms with van der Waals surface area (Å²) in [5.74, 6) is -0.926. The molecule has 5 nitrogen and oxygen atoms in total. The van der Waals surface area contributed by atoms with Gasteiger partial charge in [-0.1, -0.05) is 19.1 Å². The van der Waals surface area contributed by atoms with E-state index in [1.54, 1.807) is 24.3 Å². The Hall–Kier alpha value is -2.34. The average molecular weight is 379 g/mol. The minimum absolute atomic E-state index is 0.100. The summed E-state index contributed by atoms with van der Waals surface area (Å²) in [6, 6.07) is 11.0. The molecule has 0 unspecified atom stereocenters. The number of para-hydroxylation sites is 1. The van der Waals surface area contributed by atoms with Gasteiger partial charge in [0.25, 0.3) is 0 Å². The Kier molecular flexibility index (Phi) is 5.76. The number of carbonyl (C=O) groups is 2. The molecule has 23 heavy (non-hydrogen) atoms. The molecule has 0 bridgehead atoms. The van der Waals surface area contributed by atoms with Crippen LogP contribution in [0.5, 0.6) is 11.5 Å². The molecule has 6 heteroatoms. The third kappa shape index (κ3) is 4.32. The zero-order valence-electron chi connectivity index (χ0n) is 12.4. The summed E-state index contributed by atoms with van der Waals surface area (Å²) in [6.45, 7) is 2.48. The van der Waals surface area contributed by atoms with Gasteiger partial charge in [0.2, 0.25) is 0 Å². The van der Waals surface area contributed by atoms with Gasteiger partial charge in [-0.05, 0) is 52.7 Å². The van der Waals surface area contributed by atoms with E-state index in [0.717, 1.165) is 6.42 Å². The second kappa shape index (κ2) is 7.78. The second-order valence-electron chi connectivity index (χ2n) is 4.68. The Morgan fingerprint density at radius 1 is 1.13 bits per heavy atom. The molecule has 120 valence electrons. The maximum atomic E-state index is 12.3. The molecule has 0 spiro atoms. The number of hydrogen-bond acceptors (Lipinski definition) is 4. The van der Waals surface area contributed by atoms with Gasteiger partial charge in [-0.25, -0.2) is 9.59 Å². The zero-order chi connectivity index (χ0) is 16.8. The molecule has 0 aliphatic rings. The van der Waals surface area contributed by atoms with Crippen LogP contribution in [0.15, 0.2) is 46.9 Å². The quantitative estimate of drug-likeness (QED) is 0.603. The fourth-order valence-corrected chi connectivity index (χ4v) is 2.30. The number of hydrogen-bond donors (Lipinski definition) is 1. The average Bonchev–Trinajstić information content (AvgIpc) is 2.54. The van der Waals surface area contributed by atoms with Crippen molar-refractivity contribution in [2.75, 3.05) is 6.61 Å². The van der Waals surface area contributed by atoms with Gasteiger partial charge in [-0.2, -0.15) is 0 Å². The zero-order valence-corrected chi connectivity index (χ0v) is 14.0. The highest BCUT2D eigenvalue weighted by Gasteiger charge is 2.16. The molecule has 0 fully saturated rings. The normalized spacial score (nSPS) is 10.2. The van der Waals surface area contributed by atoms with Crippen LogP contribution in [0.2, 0.25) is 0 Å². The molecule has 1 N–H and O–H groups in total. The highest BCUT2D eigenvalue weighted by Crippen LogP contribution is 2.28. The van der Waals surface area contributed by atoms with E-state index in [1.807, 2.05) is 6.92 Å². The van der Waals surface area contributed by atoms with Gasteiger partial charge in [0.05, 0.1) is 16.6 Å². The molecule has 0 heterocycles. The molecule has 0 saturated carbocycles. The molecule has 0 aliphatic carbocycles. The highest BCUT2D eigenvalue weighted by atomic mass is 79.9. The predicted octanol–water partition coefficient (Wildman–Crippen LogP) is 4.16. The van der Waals surface area contributed by atoms with Crippen molar-refractivity contribution in [3.63, 3.8) is 0 Å².